The first kappa shape index (κ1) is 24.7. The molecule has 1 atom stereocenters. The Hall–Kier alpha value is 2.61. The van der Waals surface area contributed by atoms with Gasteiger partial charge in [0.2, 0.25) is 0 Å². The van der Waals surface area contributed by atoms with Crippen LogP contribution in [0.5, 0.6) is 0 Å². The molecule has 78 valence electrons. The molecule has 0 spiro atoms. The van der Waals surface area contributed by atoms with Crippen molar-refractivity contribution in [3.05, 3.63) is 0 Å². The van der Waals surface area contributed by atoms with E-state index in [-0.39, 0.29) is 81.2 Å². The second kappa shape index (κ2) is 12.7. The Bertz CT molecular complexity index is 249. The van der Waals surface area contributed by atoms with E-state index in [0.29, 0.717) is 0 Å². The molecule has 13 heavy (non-hydrogen) atoms. The molecule has 0 heterocycles. The quantitative estimate of drug-likeness (QED) is 0.195. The second-order valence-electron chi connectivity index (χ2n) is 0.876. The minimum Gasteiger partial charge on any atom is -1.00 e. The van der Waals surface area contributed by atoms with Crippen molar-refractivity contribution in [1.29, 1.82) is 0 Å². The standard InChI is InChI=1S/2Ca.H2O5S2.H2O3S.4H/c;;1-6(2)7(3,4)5;1-4(2)3;;;;/h;;(H,1,2)(H,3,4,5);(H2,1,2,3);;;;/q2*+2;;;4*-1. The molecule has 0 aliphatic heterocycles. The van der Waals surface area contributed by atoms with Gasteiger partial charge in [0.15, 0.2) is 0 Å². The first-order valence-electron chi connectivity index (χ1n) is 1.56. The van der Waals surface area contributed by atoms with Gasteiger partial charge in [0, 0.05) is 0 Å². The van der Waals surface area contributed by atoms with E-state index >= 15 is 0 Å². The fourth-order valence-electron chi connectivity index (χ4n) is 0. The van der Waals surface area contributed by atoms with Crippen molar-refractivity contribution in [1.82, 2.24) is 0 Å². The molecule has 0 amide bonds. The fourth-order valence-corrected chi connectivity index (χ4v) is 0. The molecule has 0 rings (SSSR count). The van der Waals surface area contributed by atoms with Gasteiger partial charge in [-0.2, -0.15) is 12.6 Å². The maximum absolute atomic E-state index is 9.34. The van der Waals surface area contributed by atoms with Crippen LogP contribution in [0.1, 0.15) is 5.71 Å². The maximum atomic E-state index is 9.34. The summed E-state index contributed by atoms with van der Waals surface area (Å²) < 4.78 is 65.8. The van der Waals surface area contributed by atoms with Gasteiger partial charge < -0.3 is 5.71 Å². The minimum atomic E-state index is -4.71. The van der Waals surface area contributed by atoms with Gasteiger partial charge in [0.25, 0.3) is 11.4 Å². The van der Waals surface area contributed by atoms with Crippen molar-refractivity contribution in [3.63, 3.8) is 0 Å². The van der Waals surface area contributed by atoms with E-state index in [1.807, 2.05) is 0 Å². The summed E-state index contributed by atoms with van der Waals surface area (Å²) in [5, 5.41) is 0. The molecule has 0 saturated heterocycles. The summed E-state index contributed by atoms with van der Waals surface area (Å²) in [5.41, 5.74) is 0. The Morgan fingerprint density at radius 3 is 1.08 bits per heavy atom. The summed E-state index contributed by atoms with van der Waals surface area (Å²) in [6, 6.07) is 0. The van der Waals surface area contributed by atoms with Gasteiger partial charge >= 0.3 is 94.7 Å². The van der Waals surface area contributed by atoms with Crippen molar-refractivity contribution in [2.24, 2.45) is 0 Å². The molecule has 1 unspecified atom stereocenters. The molecule has 0 saturated carbocycles. The zero-order valence-corrected chi connectivity index (χ0v) is 12.9. The molecule has 0 fully saturated rings. The third kappa shape index (κ3) is 31.3. The van der Waals surface area contributed by atoms with E-state index in [2.05, 4.69) is 0 Å². The predicted octanol–water partition coefficient (Wildman–Crippen LogP) is -1.62. The molecule has 8 nitrogen and oxygen atoms in total. The van der Waals surface area contributed by atoms with Crippen molar-refractivity contribution in [2.75, 3.05) is 0 Å². The number of hydrogen-bond donors (Lipinski definition) is 4. The van der Waals surface area contributed by atoms with Crippen LogP contribution >= 0.6 is 0 Å². The van der Waals surface area contributed by atoms with Crippen LogP contribution in [0.4, 0.5) is 0 Å². The maximum Gasteiger partial charge on any atom is 2.00 e. The number of rotatable bonds is 1. The SMILES string of the molecule is O=S(O)O.O=S(O)S(=O)(=O)O.[Ca+2].[Ca+2].[H-].[H-].[H-].[H-]. The molecule has 0 radical (unpaired) electrons. The van der Waals surface area contributed by atoms with Crippen molar-refractivity contribution >= 4 is 106 Å². The van der Waals surface area contributed by atoms with Crippen LogP contribution in [0.25, 0.3) is 0 Å². The monoisotopic (exact) mass is 312 g/mol. The summed E-state index contributed by atoms with van der Waals surface area (Å²) in [6.07, 6.45) is 0. The minimum absolute atomic E-state index is 0. The van der Waals surface area contributed by atoms with E-state index in [4.69, 9.17) is 22.4 Å². The Labute approximate surface area is 144 Å². The Morgan fingerprint density at radius 2 is 1.08 bits per heavy atom. The topological polar surface area (TPSA) is 149 Å². The second-order valence-corrected chi connectivity index (χ2v) is 4.75. The van der Waals surface area contributed by atoms with E-state index < -0.39 is 30.6 Å². The van der Waals surface area contributed by atoms with Gasteiger partial charge in [0.1, 0.15) is 0 Å². The first-order chi connectivity index (χ1) is 4.68. The summed E-state index contributed by atoms with van der Waals surface area (Å²) >= 11 is -2.61. The Balaban J connectivity index is -0.0000000125. The third-order valence-electron chi connectivity index (χ3n) is 0.180. The predicted molar refractivity (Wildman–Crippen MR) is 51.7 cm³/mol. The molecule has 0 aromatic heterocycles. The van der Waals surface area contributed by atoms with Gasteiger partial charge in [-0.25, -0.2) is 4.21 Å². The Morgan fingerprint density at radius 1 is 1.00 bits per heavy atom. The largest absolute Gasteiger partial charge is 2.00 e. The van der Waals surface area contributed by atoms with E-state index in [9.17, 15) is 12.6 Å². The zero-order chi connectivity index (χ0) is 9.65. The molecule has 0 aliphatic rings. The average Bonchev–Trinajstić information content (AvgIpc) is 1.59. The zero-order valence-electron chi connectivity index (χ0n) is 10.1. The average molecular weight is 312 g/mol. The van der Waals surface area contributed by atoms with Gasteiger partial charge in [-0.3, -0.25) is 18.2 Å². The molecule has 4 N–H and O–H groups in total. The van der Waals surface area contributed by atoms with E-state index in [0.717, 1.165) is 0 Å². The van der Waals surface area contributed by atoms with Crippen LogP contribution in [0.2, 0.25) is 0 Å². The summed E-state index contributed by atoms with van der Waals surface area (Å²) in [4.78, 5) is 0. The van der Waals surface area contributed by atoms with Crippen LogP contribution in [-0.4, -0.2) is 111 Å². The smallest absolute Gasteiger partial charge is 1.00 e. The summed E-state index contributed by atoms with van der Waals surface area (Å²) in [5.74, 6) is 0. The Kier molecular flexibility index (Phi) is 24.1. The van der Waals surface area contributed by atoms with Crippen LogP contribution in [0.3, 0.4) is 0 Å². The van der Waals surface area contributed by atoms with Gasteiger partial charge in [-0.1, -0.05) is 0 Å². The molecule has 0 aromatic rings. The molecular weight excluding hydrogens is 304 g/mol. The number of hydrogen-bond acceptors (Lipinski definition) is 4. The van der Waals surface area contributed by atoms with Crippen molar-refractivity contribution in [2.45, 2.75) is 0 Å². The van der Waals surface area contributed by atoms with Gasteiger partial charge in [0.05, 0.1) is 0 Å². The normalized spacial score (nSPS) is 11.5. The van der Waals surface area contributed by atoms with Crippen molar-refractivity contribution in [3.8, 4) is 0 Å². The van der Waals surface area contributed by atoms with Gasteiger partial charge in [-0.05, 0) is 0 Å². The fraction of sp³-hybridized carbons (Fsp3) is 0. The molecular formula is H8Ca2O8S3. The molecule has 0 aliphatic carbocycles. The summed E-state index contributed by atoms with van der Waals surface area (Å²) in [6.45, 7) is 0. The van der Waals surface area contributed by atoms with Crippen molar-refractivity contribution < 1.29 is 40.8 Å². The molecule has 0 aromatic carbocycles. The summed E-state index contributed by atoms with van der Waals surface area (Å²) in [7, 11) is -7.87. The first-order valence-corrected chi connectivity index (χ1v) is 5.69. The van der Waals surface area contributed by atoms with Gasteiger partial charge in [-0.15, -0.1) is 0 Å². The van der Waals surface area contributed by atoms with Crippen LogP contribution in [0.15, 0.2) is 0 Å². The van der Waals surface area contributed by atoms with Crippen LogP contribution in [0, 0.1) is 0 Å². The molecule has 13 heteroatoms. The van der Waals surface area contributed by atoms with Crippen LogP contribution < -0.4 is 0 Å². The van der Waals surface area contributed by atoms with E-state index in [1.165, 1.54) is 0 Å². The van der Waals surface area contributed by atoms with Crippen LogP contribution in [-0.2, 0) is 30.6 Å². The van der Waals surface area contributed by atoms with E-state index in [1.54, 1.807) is 0 Å². The third-order valence-corrected chi connectivity index (χ3v) is 1.62. The molecule has 0 bridgehead atoms.